The predicted octanol–water partition coefficient (Wildman–Crippen LogP) is 6.40. The number of carbonyl (C=O) groups is 2. The summed E-state index contributed by atoms with van der Waals surface area (Å²) in [4.78, 5) is 23.8. The van der Waals surface area contributed by atoms with Gasteiger partial charge in [0.25, 0.3) is 5.91 Å². The highest BCUT2D eigenvalue weighted by atomic mass is 79.9. The number of halogens is 1. The van der Waals surface area contributed by atoms with Crippen molar-refractivity contribution in [2.24, 2.45) is 0 Å². The van der Waals surface area contributed by atoms with Crippen molar-refractivity contribution in [3.8, 4) is 17.6 Å². The minimum Gasteiger partial charge on any atom is -0.490 e. The molecule has 0 bridgehead atoms. The van der Waals surface area contributed by atoms with Crippen molar-refractivity contribution in [2.75, 3.05) is 11.9 Å². The molecule has 7 nitrogen and oxygen atoms in total. The van der Waals surface area contributed by atoms with Crippen molar-refractivity contribution in [1.29, 1.82) is 5.26 Å². The number of carboxylic acid groups (broad SMARTS) is 1. The van der Waals surface area contributed by atoms with Gasteiger partial charge in [-0.2, -0.15) is 5.26 Å². The molecular weight excluding hydrogens is 536 g/mol. The van der Waals surface area contributed by atoms with E-state index in [2.05, 4.69) is 27.8 Å². The minimum atomic E-state index is -0.995. The van der Waals surface area contributed by atoms with Crippen LogP contribution in [-0.4, -0.2) is 23.6 Å². The summed E-state index contributed by atoms with van der Waals surface area (Å²) in [5.74, 6) is -0.558. The van der Waals surface area contributed by atoms with Crippen LogP contribution in [0.4, 0.5) is 5.69 Å². The molecule has 188 valence electrons. The first-order valence-electron chi connectivity index (χ1n) is 11.4. The molecule has 0 aliphatic heterocycles. The maximum absolute atomic E-state index is 12.7. The Kier molecular flexibility index (Phi) is 9.64. The van der Waals surface area contributed by atoms with E-state index in [0.717, 1.165) is 15.6 Å². The number of anilines is 1. The summed E-state index contributed by atoms with van der Waals surface area (Å²) in [5.41, 5.74) is 2.83. The van der Waals surface area contributed by atoms with Crippen LogP contribution in [0, 0.1) is 11.3 Å². The van der Waals surface area contributed by atoms with E-state index in [9.17, 15) is 14.9 Å². The lowest BCUT2D eigenvalue weighted by atomic mass is 10.0. The molecule has 3 rings (SSSR count). The zero-order valence-electron chi connectivity index (χ0n) is 20.2. The molecule has 0 atom stereocenters. The molecule has 3 aromatic rings. The van der Waals surface area contributed by atoms with E-state index in [0.29, 0.717) is 35.8 Å². The van der Waals surface area contributed by atoms with Crippen LogP contribution in [0.1, 0.15) is 34.0 Å². The Morgan fingerprint density at radius 1 is 1.14 bits per heavy atom. The van der Waals surface area contributed by atoms with Crippen LogP contribution < -0.4 is 14.8 Å². The Balaban J connectivity index is 1.91. The van der Waals surface area contributed by atoms with E-state index in [1.165, 1.54) is 18.2 Å². The fourth-order valence-electron chi connectivity index (χ4n) is 3.48. The first kappa shape index (κ1) is 27.2. The Bertz CT molecular complexity index is 1370. The molecule has 0 aliphatic carbocycles. The lowest BCUT2D eigenvalue weighted by Gasteiger charge is -2.17. The second-order valence-electron chi connectivity index (χ2n) is 7.86. The van der Waals surface area contributed by atoms with E-state index in [4.69, 9.17) is 14.6 Å². The van der Waals surface area contributed by atoms with Gasteiger partial charge in [0.2, 0.25) is 0 Å². The maximum atomic E-state index is 12.7. The zero-order valence-corrected chi connectivity index (χ0v) is 21.7. The summed E-state index contributed by atoms with van der Waals surface area (Å²) in [6, 6.07) is 19.0. The van der Waals surface area contributed by atoms with Crippen LogP contribution in [0.2, 0.25) is 0 Å². The first-order chi connectivity index (χ1) is 17.8. The zero-order chi connectivity index (χ0) is 26.8. The number of nitriles is 1. The number of nitrogens with one attached hydrogen (secondary N) is 1. The standard InChI is InChI=1S/C29H25BrN2O5/c1-3-6-22-13-20(14-23(17-31)28(33)32-25-8-5-7-24(30)16-25)15-26(36-4-2)27(22)37-18-19-9-11-21(12-10-19)29(34)35/h3,5,7-16H,1,4,6,18H2,2H3,(H,32,33)(H,34,35)/b23-14-. The highest BCUT2D eigenvalue weighted by Crippen LogP contribution is 2.35. The van der Waals surface area contributed by atoms with E-state index in [1.54, 1.807) is 42.5 Å². The number of benzene rings is 3. The summed E-state index contributed by atoms with van der Waals surface area (Å²) < 4.78 is 12.7. The molecule has 0 heterocycles. The third-order valence-electron chi connectivity index (χ3n) is 5.16. The number of hydrogen-bond acceptors (Lipinski definition) is 5. The van der Waals surface area contributed by atoms with Gasteiger partial charge < -0.3 is 19.9 Å². The van der Waals surface area contributed by atoms with E-state index in [1.807, 2.05) is 25.1 Å². The number of nitrogens with zero attached hydrogens (tertiary/aromatic N) is 1. The largest absolute Gasteiger partial charge is 0.490 e. The van der Waals surface area contributed by atoms with E-state index < -0.39 is 11.9 Å². The monoisotopic (exact) mass is 560 g/mol. The van der Waals surface area contributed by atoms with Gasteiger partial charge in [-0.1, -0.05) is 40.2 Å². The van der Waals surface area contributed by atoms with Crippen LogP contribution in [0.3, 0.4) is 0 Å². The molecule has 0 saturated heterocycles. The molecule has 0 saturated carbocycles. The van der Waals surface area contributed by atoms with Gasteiger partial charge in [0.15, 0.2) is 11.5 Å². The van der Waals surface area contributed by atoms with Gasteiger partial charge in [0.05, 0.1) is 12.2 Å². The van der Waals surface area contributed by atoms with Gasteiger partial charge in [0.1, 0.15) is 18.2 Å². The summed E-state index contributed by atoms with van der Waals surface area (Å²) in [5, 5.41) is 21.5. The first-order valence-corrected chi connectivity index (χ1v) is 12.2. The van der Waals surface area contributed by atoms with Crippen molar-refractivity contribution in [3.05, 3.63) is 106 Å². The van der Waals surface area contributed by atoms with Crippen molar-refractivity contribution in [3.63, 3.8) is 0 Å². The Morgan fingerprint density at radius 2 is 1.89 bits per heavy atom. The van der Waals surface area contributed by atoms with Gasteiger partial charge in [-0.15, -0.1) is 6.58 Å². The highest BCUT2D eigenvalue weighted by Gasteiger charge is 2.16. The maximum Gasteiger partial charge on any atom is 0.335 e. The molecular formula is C29H25BrN2O5. The number of hydrogen-bond donors (Lipinski definition) is 2. The normalized spacial score (nSPS) is 10.8. The molecule has 3 aromatic carbocycles. The SMILES string of the molecule is C=CCc1cc(/C=C(/C#N)C(=O)Nc2cccc(Br)c2)cc(OCC)c1OCc1ccc(C(=O)O)cc1. The molecule has 8 heteroatoms. The second-order valence-corrected chi connectivity index (χ2v) is 8.77. The number of rotatable bonds is 11. The van der Waals surface area contributed by atoms with E-state index in [-0.39, 0.29) is 17.7 Å². The summed E-state index contributed by atoms with van der Waals surface area (Å²) in [6.45, 7) is 6.23. The predicted molar refractivity (Wildman–Crippen MR) is 146 cm³/mol. The van der Waals surface area contributed by atoms with Crippen LogP contribution in [0.5, 0.6) is 11.5 Å². The van der Waals surface area contributed by atoms with Gasteiger partial charge in [-0.05, 0) is 73.0 Å². The van der Waals surface area contributed by atoms with Crippen molar-refractivity contribution in [1.82, 2.24) is 0 Å². The smallest absolute Gasteiger partial charge is 0.335 e. The number of allylic oxidation sites excluding steroid dienone is 1. The summed E-state index contributed by atoms with van der Waals surface area (Å²) in [7, 11) is 0. The molecule has 0 fully saturated rings. The van der Waals surface area contributed by atoms with Crippen LogP contribution in [0.15, 0.2) is 83.4 Å². The summed E-state index contributed by atoms with van der Waals surface area (Å²) >= 11 is 3.36. The van der Waals surface area contributed by atoms with Crippen LogP contribution in [-0.2, 0) is 17.8 Å². The third kappa shape index (κ3) is 7.56. The van der Waals surface area contributed by atoms with Crippen molar-refractivity contribution < 1.29 is 24.2 Å². The molecule has 37 heavy (non-hydrogen) atoms. The molecule has 1 amide bonds. The number of ether oxygens (including phenoxy) is 2. The highest BCUT2D eigenvalue weighted by molar-refractivity contribution is 9.10. The molecule has 2 N–H and O–H groups in total. The number of amides is 1. The van der Waals surface area contributed by atoms with Crippen molar-refractivity contribution in [2.45, 2.75) is 20.0 Å². The average molecular weight is 561 g/mol. The van der Waals surface area contributed by atoms with Crippen LogP contribution in [0.25, 0.3) is 6.08 Å². The number of carboxylic acids is 1. The fraction of sp³-hybridized carbons (Fsp3) is 0.138. The van der Waals surface area contributed by atoms with Crippen molar-refractivity contribution >= 4 is 39.6 Å². The Labute approximate surface area is 223 Å². The lowest BCUT2D eigenvalue weighted by molar-refractivity contribution is -0.112. The Hall–Kier alpha value is -4.35. The van der Waals surface area contributed by atoms with E-state index >= 15 is 0 Å². The molecule has 0 spiro atoms. The number of aromatic carboxylic acids is 1. The fourth-order valence-corrected chi connectivity index (χ4v) is 3.88. The molecule has 0 unspecified atom stereocenters. The minimum absolute atomic E-state index is 0.0702. The average Bonchev–Trinajstić information content (AvgIpc) is 2.87. The summed E-state index contributed by atoms with van der Waals surface area (Å²) in [6.07, 6.45) is 3.68. The van der Waals surface area contributed by atoms with Gasteiger partial charge in [-0.25, -0.2) is 4.79 Å². The topological polar surface area (TPSA) is 109 Å². The van der Waals surface area contributed by atoms with Gasteiger partial charge >= 0.3 is 5.97 Å². The molecule has 0 aliphatic rings. The molecule has 0 aromatic heterocycles. The van der Waals surface area contributed by atoms with Crippen LogP contribution >= 0.6 is 15.9 Å². The second kappa shape index (κ2) is 13.1. The third-order valence-corrected chi connectivity index (χ3v) is 5.65. The number of carbonyl (C=O) groups excluding carboxylic acids is 1. The quantitative estimate of drug-likeness (QED) is 0.159. The van der Waals surface area contributed by atoms with Gasteiger partial charge in [0, 0.05) is 15.7 Å². The molecule has 0 radical (unpaired) electrons. The van der Waals surface area contributed by atoms with Gasteiger partial charge in [-0.3, -0.25) is 4.79 Å². The Morgan fingerprint density at radius 3 is 2.51 bits per heavy atom. The lowest BCUT2D eigenvalue weighted by Crippen LogP contribution is -2.13.